The minimum atomic E-state index is -0.302. The average Bonchev–Trinajstić information content (AvgIpc) is 3.03. The Kier molecular flexibility index (Phi) is 5.30. The second-order valence-electron chi connectivity index (χ2n) is 6.24. The number of benzene rings is 1. The third-order valence-electron chi connectivity index (χ3n) is 4.33. The van der Waals surface area contributed by atoms with Crippen molar-refractivity contribution in [3.05, 3.63) is 29.8 Å². The van der Waals surface area contributed by atoms with Crippen LogP contribution < -0.4 is 15.5 Å². The Morgan fingerprint density at radius 2 is 2.00 bits per heavy atom. The second-order valence-corrected chi connectivity index (χ2v) is 7.20. The van der Waals surface area contributed by atoms with Crippen molar-refractivity contribution in [2.75, 3.05) is 22.6 Å². The first-order valence-corrected chi connectivity index (χ1v) is 9.14. The minimum Gasteiger partial charge on any atom is -0.347 e. The highest BCUT2D eigenvalue weighted by Crippen LogP contribution is 2.29. The zero-order valence-electron chi connectivity index (χ0n) is 14.1. The largest absolute Gasteiger partial charge is 0.347 e. The summed E-state index contributed by atoms with van der Waals surface area (Å²) in [5.74, 6) is 0. The smallest absolute Gasteiger partial charge is 0.325 e. The first-order chi connectivity index (χ1) is 11.6. The molecule has 1 aromatic carbocycles. The first kappa shape index (κ1) is 16.7. The van der Waals surface area contributed by atoms with Gasteiger partial charge in [0.25, 0.3) is 0 Å². The van der Waals surface area contributed by atoms with Crippen molar-refractivity contribution in [3.8, 4) is 0 Å². The van der Waals surface area contributed by atoms with Gasteiger partial charge in [0.2, 0.25) is 10.3 Å². The first-order valence-electron chi connectivity index (χ1n) is 8.33. The highest BCUT2D eigenvalue weighted by Gasteiger charge is 2.21. The van der Waals surface area contributed by atoms with Crippen molar-refractivity contribution in [1.82, 2.24) is 10.2 Å². The van der Waals surface area contributed by atoms with Gasteiger partial charge in [0.15, 0.2) is 0 Å². The van der Waals surface area contributed by atoms with Crippen LogP contribution in [-0.2, 0) is 0 Å². The molecule has 1 saturated carbocycles. The molecule has 0 radical (unpaired) electrons. The number of urea groups is 1. The van der Waals surface area contributed by atoms with Gasteiger partial charge in [0.05, 0.1) is 0 Å². The molecule has 1 aromatic heterocycles. The highest BCUT2D eigenvalue weighted by atomic mass is 32.1. The van der Waals surface area contributed by atoms with Crippen LogP contribution >= 0.6 is 11.3 Å². The van der Waals surface area contributed by atoms with Crippen LogP contribution in [0.25, 0.3) is 0 Å². The number of rotatable bonds is 4. The molecule has 2 amide bonds. The van der Waals surface area contributed by atoms with Crippen LogP contribution in [0.3, 0.4) is 0 Å². The molecule has 128 valence electrons. The molecule has 1 aliphatic rings. The number of carbonyl (C=O) groups excluding carboxylic acids is 1. The predicted molar refractivity (Wildman–Crippen MR) is 99.0 cm³/mol. The van der Waals surface area contributed by atoms with Gasteiger partial charge < -0.3 is 10.2 Å². The molecule has 0 saturated heterocycles. The van der Waals surface area contributed by atoms with Crippen LogP contribution in [0.1, 0.15) is 37.7 Å². The van der Waals surface area contributed by atoms with Crippen LogP contribution in [0.4, 0.5) is 20.7 Å². The Bertz CT molecular complexity index is 696. The van der Waals surface area contributed by atoms with Gasteiger partial charge in [-0.1, -0.05) is 42.7 Å². The van der Waals surface area contributed by atoms with E-state index < -0.39 is 0 Å². The van der Waals surface area contributed by atoms with Gasteiger partial charge in [-0.15, -0.1) is 10.2 Å². The molecular formula is C17H23N5OS. The summed E-state index contributed by atoms with van der Waals surface area (Å²) >= 11 is 1.41. The topological polar surface area (TPSA) is 70.1 Å². The number of aromatic nitrogens is 2. The maximum absolute atomic E-state index is 12.1. The maximum Gasteiger partial charge on any atom is 0.325 e. The van der Waals surface area contributed by atoms with Gasteiger partial charge in [-0.2, -0.15) is 0 Å². The summed E-state index contributed by atoms with van der Waals surface area (Å²) in [5.41, 5.74) is 1.86. The van der Waals surface area contributed by atoms with Gasteiger partial charge in [0.1, 0.15) is 0 Å². The minimum absolute atomic E-state index is 0.302. The fourth-order valence-corrected chi connectivity index (χ4v) is 3.79. The number of hydrogen-bond donors (Lipinski definition) is 2. The summed E-state index contributed by atoms with van der Waals surface area (Å²) in [5, 5.41) is 15.2. The SMILES string of the molecule is Cc1cccc(NC(=O)Nc2nnc(N(C)C3CCCCC3)s2)c1. The molecule has 0 spiro atoms. The Morgan fingerprint density at radius 1 is 1.21 bits per heavy atom. The molecular weight excluding hydrogens is 322 g/mol. The Labute approximate surface area is 146 Å². The number of amides is 2. The van der Waals surface area contributed by atoms with Crippen molar-refractivity contribution in [2.45, 2.75) is 45.1 Å². The van der Waals surface area contributed by atoms with Crippen molar-refractivity contribution in [2.24, 2.45) is 0 Å². The highest BCUT2D eigenvalue weighted by molar-refractivity contribution is 7.19. The number of aryl methyl sites for hydroxylation is 1. The van der Waals surface area contributed by atoms with Crippen LogP contribution in [0, 0.1) is 6.92 Å². The summed E-state index contributed by atoms with van der Waals surface area (Å²) in [6.07, 6.45) is 6.28. The van der Waals surface area contributed by atoms with Crippen molar-refractivity contribution in [1.29, 1.82) is 0 Å². The molecule has 0 unspecified atom stereocenters. The molecule has 1 heterocycles. The second kappa shape index (κ2) is 7.61. The van der Waals surface area contributed by atoms with E-state index in [2.05, 4.69) is 32.8 Å². The molecule has 6 nitrogen and oxygen atoms in total. The zero-order chi connectivity index (χ0) is 16.9. The summed E-state index contributed by atoms with van der Waals surface area (Å²) in [6.45, 7) is 1.99. The quantitative estimate of drug-likeness (QED) is 0.868. The zero-order valence-corrected chi connectivity index (χ0v) is 14.9. The summed E-state index contributed by atoms with van der Waals surface area (Å²) in [6, 6.07) is 7.90. The lowest BCUT2D eigenvalue weighted by atomic mass is 9.95. The van der Waals surface area contributed by atoms with Gasteiger partial charge in [-0.25, -0.2) is 4.79 Å². The average molecular weight is 345 g/mol. The molecule has 0 bridgehead atoms. The number of anilines is 3. The van der Waals surface area contributed by atoms with Crippen LogP contribution in [0.2, 0.25) is 0 Å². The number of hydrogen-bond acceptors (Lipinski definition) is 5. The van der Waals surface area contributed by atoms with Gasteiger partial charge >= 0.3 is 6.03 Å². The van der Waals surface area contributed by atoms with Crippen LogP contribution in [-0.4, -0.2) is 29.3 Å². The van der Waals surface area contributed by atoms with Crippen molar-refractivity contribution in [3.63, 3.8) is 0 Å². The van der Waals surface area contributed by atoms with E-state index in [1.165, 1.54) is 43.4 Å². The van der Waals surface area contributed by atoms with E-state index in [1.807, 2.05) is 31.2 Å². The molecule has 1 aliphatic carbocycles. The van der Waals surface area contributed by atoms with Crippen LogP contribution in [0.5, 0.6) is 0 Å². The van der Waals surface area contributed by atoms with Crippen molar-refractivity contribution >= 4 is 33.3 Å². The molecule has 7 heteroatoms. The third kappa shape index (κ3) is 4.23. The molecule has 0 aliphatic heterocycles. The third-order valence-corrected chi connectivity index (χ3v) is 5.26. The fourth-order valence-electron chi connectivity index (χ4n) is 3.02. The molecule has 2 aromatic rings. The normalized spacial score (nSPS) is 15.1. The number of carbonyl (C=O) groups is 1. The maximum atomic E-state index is 12.1. The van der Waals surface area contributed by atoms with E-state index in [0.29, 0.717) is 11.2 Å². The Morgan fingerprint density at radius 3 is 2.75 bits per heavy atom. The van der Waals surface area contributed by atoms with E-state index >= 15 is 0 Å². The number of nitrogens with zero attached hydrogens (tertiary/aromatic N) is 3. The number of nitrogens with one attached hydrogen (secondary N) is 2. The Hall–Kier alpha value is -2.15. The van der Waals surface area contributed by atoms with Gasteiger partial charge in [0, 0.05) is 18.8 Å². The molecule has 1 fully saturated rings. The van der Waals surface area contributed by atoms with Crippen LogP contribution in [0.15, 0.2) is 24.3 Å². The molecule has 3 rings (SSSR count). The lowest BCUT2D eigenvalue weighted by Gasteiger charge is -2.30. The van der Waals surface area contributed by atoms with E-state index in [4.69, 9.17) is 0 Å². The standard InChI is InChI=1S/C17H23N5OS/c1-12-7-6-8-13(11-12)18-15(23)19-16-20-21-17(24-16)22(2)14-9-4-3-5-10-14/h6-8,11,14H,3-5,9-10H2,1-2H3,(H2,18,19,20,23). The van der Waals surface area contributed by atoms with E-state index in [0.717, 1.165) is 16.4 Å². The summed E-state index contributed by atoms with van der Waals surface area (Å²) < 4.78 is 0. The Balaban J connectivity index is 1.58. The van der Waals surface area contributed by atoms with Gasteiger partial charge in [-0.3, -0.25) is 5.32 Å². The predicted octanol–water partition coefficient (Wildman–Crippen LogP) is 4.26. The molecule has 0 atom stereocenters. The van der Waals surface area contributed by atoms with Crippen molar-refractivity contribution < 1.29 is 4.79 Å². The molecule has 2 N–H and O–H groups in total. The fraction of sp³-hybridized carbons (Fsp3) is 0.471. The lowest BCUT2D eigenvalue weighted by molar-refractivity contribution is 0.262. The van der Waals surface area contributed by atoms with Gasteiger partial charge in [-0.05, 0) is 37.5 Å². The monoisotopic (exact) mass is 345 g/mol. The summed E-state index contributed by atoms with van der Waals surface area (Å²) in [4.78, 5) is 14.3. The lowest BCUT2D eigenvalue weighted by Crippen LogP contribution is -2.33. The van der Waals surface area contributed by atoms with E-state index in [1.54, 1.807) is 0 Å². The summed E-state index contributed by atoms with van der Waals surface area (Å²) in [7, 11) is 2.06. The molecule has 24 heavy (non-hydrogen) atoms. The van der Waals surface area contributed by atoms with E-state index in [9.17, 15) is 4.79 Å². The van der Waals surface area contributed by atoms with E-state index in [-0.39, 0.29) is 6.03 Å².